The largest absolute Gasteiger partial charge is 0.485 e. The third kappa shape index (κ3) is 5.66. The van der Waals surface area contributed by atoms with Crippen LogP contribution in [-0.4, -0.2) is 71.6 Å². The number of ether oxygens (including phenoxy) is 2. The molecule has 1 saturated heterocycles. The molecule has 1 fully saturated rings. The van der Waals surface area contributed by atoms with Gasteiger partial charge in [-0.2, -0.15) is 0 Å². The van der Waals surface area contributed by atoms with E-state index >= 15 is 0 Å². The first-order valence-electron chi connectivity index (χ1n) is 10.7. The Labute approximate surface area is 206 Å². The number of piperazine rings is 1. The Morgan fingerprint density at radius 2 is 1.79 bits per heavy atom. The highest BCUT2D eigenvalue weighted by atomic mass is 35.5. The molecule has 0 saturated carbocycles. The van der Waals surface area contributed by atoms with Crippen LogP contribution in [0.2, 0.25) is 5.02 Å². The number of halogens is 1. The van der Waals surface area contributed by atoms with Crippen molar-refractivity contribution < 1.29 is 29.0 Å². The lowest BCUT2D eigenvalue weighted by Crippen LogP contribution is -2.49. The van der Waals surface area contributed by atoms with E-state index in [1.807, 2.05) is 18.2 Å². The van der Waals surface area contributed by atoms with Crippen LogP contribution in [0.5, 0.6) is 11.5 Å². The minimum atomic E-state index is -1.08. The molecule has 0 radical (unpaired) electrons. The Morgan fingerprint density at radius 1 is 1.06 bits per heavy atom. The zero-order valence-electron chi connectivity index (χ0n) is 18.4. The lowest BCUT2D eigenvalue weighted by molar-refractivity contribution is -0.147. The third-order valence-corrected chi connectivity index (χ3v) is 6.98. The zero-order chi connectivity index (χ0) is 24.2. The summed E-state index contributed by atoms with van der Waals surface area (Å²) in [5.74, 6) is -0.278. The van der Waals surface area contributed by atoms with Crippen LogP contribution in [0, 0.1) is 0 Å². The average molecular weight is 503 g/mol. The van der Waals surface area contributed by atoms with Crippen molar-refractivity contribution in [2.24, 2.45) is 0 Å². The topological polar surface area (TPSA) is 96.4 Å². The molecule has 2 aromatic carbocycles. The molecule has 0 bridgehead atoms. The number of carboxylic acid groups (broad SMARTS) is 1. The molecule has 2 aromatic rings. The van der Waals surface area contributed by atoms with Crippen LogP contribution in [0.1, 0.15) is 12.5 Å². The smallest absolute Gasteiger partial charge is 0.348 e. The van der Waals surface area contributed by atoms with Gasteiger partial charge >= 0.3 is 5.97 Å². The maximum Gasteiger partial charge on any atom is 0.348 e. The number of carbonyl (C=O) groups is 3. The summed E-state index contributed by atoms with van der Waals surface area (Å²) >= 11 is 7.88. The Balaban J connectivity index is 1.38. The van der Waals surface area contributed by atoms with Crippen molar-refractivity contribution in [3.63, 3.8) is 0 Å². The Bertz CT molecular complexity index is 1150. The first kappa shape index (κ1) is 24.0. The second kappa shape index (κ2) is 10.4. The van der Waals surface area contributed by atoms with E-state index in [9.17, 15) is 14.4 Å². The van der Waals surface area contributed by atoms with Gasteiger partial charge < -0.3 is 24.4 Å². The molecule has 2 aliphatic heterocycles. The van der Waals surface area contributed by atoms with Crippen molar-refractivity contribution in [2.45, 2.75) is 22.8 Å². The van der Waals surface area contributed by atoms with Gasteiger partial charge in [-0.25, -0.2) is 4.79 Å². The zero-order valence-corrected chi connectivity index (χ0v) is 20.0. The van der Waals surface area contributed by atoms with Crippen molar-refractivity contribution in [1.82, 2.24) is 9.80 Å². The van der Waals surface area contributed by atoms with Gasteiger partial charge in [-0.3, -0.25) is 9.59 Å². The van der Waals surface area contributed by atoms with Crippen LogP contribution in [0.3, 0.4) is 0 Å². The van der Waals surface area contributed by atoms with Crippen LogP contribution in [-0.2, 0) is 14.4 Å². The summed E-state index contributed by atoms with van der Waals surface area (Å²) in [6.45, 7) is 3.62. The third-order valence-electron chi connectivity index (χ3n) is 5.49. The van der Waals surface area contributed by atoms with Crippen LogP contribution in [0.15, 0.2) is 52.3 Å². The number of aliphatic carboxylic acids is 1. The van der Waals surface area contributed by atoms with E-state index in [4.69, 9.17) is 26.2 Å². The number of benzene rings is 2. The first-order chi connectivity index (χ1) is 16.3. The van der Waals surface area contributed by atoms with Gasteiger partial charge in [0.05, 0.1) is 5.02 Å². The molecule has 0 aliphatic carbocycles. The van der Waals surface area contributed by atoms with Crippen molar-refractivity contribution in [1.29, 1.82) is 0 Å². The van der Waals surface area contributed by atoms with Gasteiger partial charge in [0.15, 0.2) is 11.5 Å². The van der Waals surface area contributed by atoms with E-state index in [1.54, 1.807) is 34.1 Å². The second-order valence-corrected chi connectivity index (χ2v) is 9.34. The van der Waals surface area contributed by atoms with Gasteiger partial charge in [0, 0.05) is 49.0 Å². The number of rotatable bonds is 5. The molecule has 178 valence electrons. The number of nitrogens with zero attached hydrogens (tertiary/aromatic N) is 2. The molecular formula is C24H23ClN2O6S. The van der Waals surface area contributed by atoms with Gasteiger partial charge in [-0.1, -0.05) is 29.4 Å². The fourth-order valence-electron chi connectivity index (χ4n) is 3.58. The summed E-state index contributed by atoms with van der Waals surface area (Å²) in [5, 5.41) is 9.66. The van der Waals surface area contributed by atoms with Crippen LogP contribution in [0.4, 0.5) is 0 Å². The fourth-order valence-corrected chi connectivity index (χ4v) is 4.74. The summed E-state index contributed by atoms with van der Waals surface area (Å²) in [7, 11) is 0. The van der Waals surface area contributed by atoms with Crippen molar-refractivity contribution in [3.05, 3.63) is 53.1 Å². The number of carbonyl (C=O) groups excluding carboxylic acids is 2. The molecule has 1 atom stereocenters. The van der Waals surface area contributed by atoms with E-state index in [1.165, 1.54) is 24.8 Å². The average Bonchev–Trinajstić information content (AvgIpc) is 2.83. The Morgan fingerprint density at radius 3 is 2.47 bits per heavy atom. The predicted octanol–water partition coefficient (Wildman–Crippen LogP) is 3.42. The lowest BCUT2D eigenvalue weighted by Gasteiger charge is -2.33. The van der Waals surface area contributed by atoms with E-state index in [0.29, 0.717) is 42.7 Å². The Kier molecular flexibility index (Phi) is 7.33. The van der Waals surface area contributed by atoms with Gasteiger partial charge in [0.2, 0.25) is 17.9 Å². The van der Waals surface area contributed by atoms with Gasteiger partial charge in [0.1, 0.15) is 6.61 Å². The van der Waals surface area contributed by atoms with Gasteiger partial charge in [-0.15, -0.1) is 0 Å². The van der Waals surface area contributed by atoms with E-state index < -0.39 is 12.1 Å². The quantitative estimate of drug-likeness (QED) is 0.626. The van der Waals surface area contributed by atoms with Gasteiger partial charge in [-0.05, 0) is 42.0 Å². The SMILES string of the molecule is CC(=O)N1CCN(C(=O)/C=C/c2ccc(Sc3ccc4c(c3)OC(C(=O)O)CO4)c(Cl)c2)CC1. The summed E-state index contributed by atoms with van der Waals surface area (Å²) in [6.07, 6.45) is 2.20. The summed E-state index contributed by atoms with van der Waals surface area (Å²) in [4.78, 5) is 40.1. The number of fused-ring (bicyclic) bond motifs is 1. The predicted molar refractivity (Wildman–Crippen MR) is 127 cm³/mol. The fraction of sp³-hybridized carbons (Fsp3) is 0.292. The molecule has 2 heterocycles. The maximum absolute atomic E-state index is 12.5. The number of carboxylic acids is 1. The van der Waals surface area contributed by atoms with E-state index in [2.05, 4.69) is 0 Å². The molecular weight excluding hydrogens is 480 g/mol. The van der Waals surface area contributed by atoms with Crippen molar-refractivity contribution >= 4 is 47.2 Å². The highest BCUT2D eigenvalue weighted by Crippen LogP contribution is 2.40. The molecule has 0 aromatic heterocycles. The van der Waals surface area contributed by atoms with E-state index in [-0.39, 0.29) is 18.4 Å². The van der Waals surface area contributed by atoms with Crippen molar-refractivity contribution in [3.8, 4) is 11.5 Å². The molecule has 8 nitrogen and oxygen atoms in total. The molecule has 10 heteroatoms. The Hall–Kier alpha value is -3.17. The molecule has 1 N–H and O–H groups in total. The van der Waals surface area contributed by atoms with Gasteiger partial charge in [0.25, 0.3) is 0 Å². The molecule has 1 unspecified atom stereocenters. The minimum absolute atomic E-state index is 0.0240. The monoisotopic (exact) mass is 502 g/mol. The lowest BCUT2D eigenvalue weighted by atomic mass is 10.2. The first-order valence-corrected chi connectivity index (χ1v) is 11.9. The summed E-state index contributed by atoms with van der Waals surface area (Å²) in [5.41, 5.74) is 0.788. The molecule has 2 amide bonds. The molecule has 2 aliphatic rings. The molecule has 34 heavy (non-hydrogen) atoms. The van der Waals surface area contributed by atoms with Crippen LogP contribution >= 0.6 is 23.4 Å². The summed E-state index contributed by atoms with van der Waals surface area (Å²) < 4.78 is 11.0. The van der Waals surface area contributed by atoms with Crippen LogP contribution in [0.25, 0.3) is 6.08 Å². The highest BCUT2D eigenvalue weighted by molar-refractivity contribution is 7.99. The molecule has 0 spiro atoms. The second-order valence-electron chi connectivity index (χ2n) is 7.82. The molecule has 4 rings (SSSR count). The van der Waals surface area contributed by atoms with Crippen molar-refractivity contribution in [2.75, 3.05) is 32.8 Å². The summed E-state index contributed by atoms with van der Waals surface area (Å²) in [6, 6.07) is 10.8. The standard InChI is InChI=1S/C24H23ClN2O6S/c1-15(28)26-8-10-27(11-9-26)23(29)7-3-16-2-6-22(18(25)12-16)34-17-4-5-19-20(13-17)33-21(14-32-19)24(30)31/h2-7,12-13,21H,8-11,14H2,1H3,(H,30,31)/b7-3+. The number of hydrogen-bond acceptors (Lipinski definition) is 6. The minimum Gasteiger partial charge on any atom is -0.485 e. The number of amides is 2. The number of hydrogen-bond donors (Lipinski definition) is 1. The maximum atomic E-state index is 12.5. The van der Waals surface area contributed by atoms with E-state index in [0.717, 1.165) is 15.4 Å². The van der Waals surface area contributed by atoms with Crippen LogP contribution < -0.4 is 9.47 Å². The highest BCUT2D eigenvalue weighted by Gasteiger charge is 2.27. The normalized spacial score (nSPS) is 17.6.